The van der Waals surface area contributed by atoms with Crippen LogP contribution in [0.25, 0.3) is 22.4 Å². The predicted molar refractivity (Wildman–Crippen MR) is 100 cm³/mol. The van der Waals surface area contributed by atoms with Gasteiger partial charge in [-0.1, -0.05) is 0 Å². The minimum absolute atomic E-state index is 0.148. The van der Waals surface area contributed by atoms with Gasteiger partial charge in [0.2, 0.25) is 0 Å². The van der Waals surface area contributed by atoms with Crippen LogP contribution in [0, 0.1) is 6.92 Å². The minimum atomic E-state index is -4.43. The van der Waals surface area contributed by atoms with Crippen molar-refractivity contribution in [2.24, 2.45) is 0 Å². The van der Waals surface area contributed by atoms with Crippen LogP contribution in [0.1, 0.15) is 30.0 Å². The number of hydrogen-bond donors (Lipinski definition) is 1. The second-order valence-corrected chi connectivity index (χ2v) is 7.06. The fourth-order valence-corrected chi connectivity index (χ4v) is 3.83. The van der Waals surface area contributed by atoms with Gasteiger partial charge in [-0.2, -0.15) is 13.2 Å². The molecule has 0 bridgehead atoms. The molecule has 0 aliphatic carbocycles. The topological polar surface area (TPSA) is 52.0 Å². The smallest absolute Gasteiger partial charge is 0.416 e. The maximum absolute atomic E-state index is 13.1. The summed E-state index contributed by atoms with van der Waals surface area (Å²) < 4.78 is 46.7. The van der Waals surface area contributed by atoms with Gasteiger partial charge in [0.15, 0.2) is 5.65 Å². The van der Waals surface area contributed by atoms with Crippen LogP contribution in [0.4, 0.5) is 13.2 Å². The zero-order valence-electron chi connectivity index (χ0n) is 15.7. The summed E-state index contributed by atoms with van der Waals surface area (Å²) in [5, 5.41) is 3.39. The summed E-state index contributed by atoms with van der Waals surface area (Å²) in [4.78, 5) is 9.03. The van der Waals surface area contributed by atoms with Gasteiger partial charge in [0, 0.05) is 18.2 Å². The predicted octanol–water partition coefficient (Wildman–Crippen LogP) is 4.36. The highest BCUT2D eigenvalue weighted by atomic mass is 19.4. The number of aromatic nitrogens is 3. The summed E-state index contributed by atoms with van der Waals surface area (Å²) in [6, 6.07) is 6.20. The van der Waals surface area contributed by atoms with Crippen molar-refractivity contribution in [3.05, 3.63) is 41.7 Å². The first-order valence-corrected chi connectivity index (χ1v) is 9.19. The van der Waals surface area contributed by atoms with Crippen LogP contribution in [-0.4, -0.2) is 34.7 Å². The molecule has 1 fully saturated rings. The van der Waals surface area contributed by atoms with Gasteiger partial charge in [-0.3, -0.25) is 0 Å². The SMILES string of the molecule is COc1cc(C(F)(F)F)cc(C)c1-c1ccc2c(ncn2[C@@H]2CCCNC2)n1. The lowest BCUT2D eigenvalue weighted by Crippen LogP contribution is -2.31. The number of pyridine rings is 1. The van der Waals surface area contributed by atoms with Gasteiger partial charge in [0.25, 0.3) is 0 Å². The number of piperidine rings is 1. The number of nitrogens with zero attached hydrogens (tertiary/aromatic N) is 3. The summed E-state index contributed by atoms with van der Waals surface area (Å²) in [7, 11) is 1.36. The Hall–Kier alpha value is -2.61. The Kier molecular flexibility index (Phi) is 4.74. The van der Waals surface area contributed by atoms with E-state index in [-0.39, 0.29) is 5.75 Å². The summed E-state index contributed by atoms with van der Waals surface area (Å²) in [6.07, 6.45) is -0.458. The summed E-state index contributed by atoms with van der Waals surface area (Å²) >= 11 is 0. The number of ether oxygens (including phenoxy) is 1. The van der Waals surface area contributed by atoms with E-state index in [1.165, 1.54) is 7.11 Å². The van der Waals surface area contributed by atoms with Gasteiger partial charge in [0.05, 0.1) is 30.2 Å². The highest BCUT2D eigenvalue weighted by Gasteiger charge is 2.32. The van der Waals surface area contributed by atoms with Gasteiger partial charge in [0.1, 0.15) is 5.75 Å². The standard InChI is InChI=1S/C20H21F3N4O/c1-12-8-13(20(21,22)23)9-17(28-2)18(12)15-5-6-16-19(26-15)25-11-27(16)14-4-3-7-24-10-14/h5-6,8-9,11,14,24H,3-4,7,10H2,1-2H3/t14-/m1/s1. The number of hydrogen-bond acceptors (Lipinski definition) is 4. The van der Waals surface area contributed by atoms with Crippen LogP contribution in [-0.2, 0) is 6.18 Å². The molecular formula is C20H21F3N4O. The molecule has 1 N–H and O–H groups in total. The average Bonchev–Trinajstić information content (AvgIpc) is 3.10. The zero-order chi connectivity index (χ0) is 19.9. The molecule has 0 saturated carbocycles. The Morgan fingerprint density at radius 2 is 2.07 bits per heavy atom. The molecule has 3 aromatic rings. The molecule has 0 unspecified atom stereocenters. The number of benzene rings is 1. The fourth-order valence-electron chi connectivity index (χ4n) is 3.83. The van der Waals surface area contributed by atoms with Crippen molar-refractivity contribution >= 4 is 11.2 Å². The van der Waals surface area contributed by atoms with E-state index in [1.807, 2.05) is 12.1 Å². The molecule has 0 spiro atoms. The Morgan fingerprint density at radius 1 is 1.25 bits per heavy atom. The zero-order valence-corrected chi connectivity index (χ0v) is 15.7. The third-order valence-corrected chi connectivity index (χ3v) is 5.20. The number of nitrogens with one attached hydrogen (secondary N) is 1. The molecule has 2 aromatic heterocycles. The first kappa shape index (κ1) is 18.7. The van der Waals surface area contributed by atoms with Crippen molar-refractivity contribution in [3.63, 3.8) is 0 Å². The number of alkyl halides is 3. The van der Waals surface area contributed by atoms with E-state index in [1.54, 1.807) is 13.3 Å². The Bertz CT molecular complexity index is 1010. The molecule has 28 heavy (non-hydrogen) atoms. The van der Waals surface area contributed by atoms with E-state index in [2.05, 4.69) is 19.9 Å². The van der Waals surface area contributed by atoms with Crippen LogP contribution < -0.4 is 10.1 Å². The van der Waals surface area contributed by atoms with E-state index in [9.17, 15) is 13.2 Å². The van der Waals surface area contributed by atoms with Gasteiger partial charge in [-0.25, -0.2) is 9.97 Å². The first-order chi connectivity index (χ1) is 13.4. The molecule has 148 valence electrons. The van der Waals surface area contributed by atoms with E-state index < -0.39 is 11.7 Å². The van der Waals surface area contributed by atoms with E-state index >= 15 is 0 Å². The molecule has 1 aliphatic heterocycles. The molecule has 1 aromatic carbocycles. The summed E-state index contributed by atoms with van der Waals surface area (Å²) in [6.45, 7) is 3.54. The lowest BCUT2D eigenvalue weighted by Gasteiger charge is -2.24. The third-order valence-electron chi connectivity index (χ3n) is 5.20. The molecule has 5 nitrogen and oxygen atoms in total. The normalized spacial score (nSPS) is 17.8. The molecule has 1 aliphatic rings. The van der Waals surface area contributed by atoms with Crippen LogP contribution >= 0.6 is 0 Å². The Balaban J connectivity index is 1.77. The number of fused-ring (bicyclic) bond motifs is 1. The number of rotatable bonds is 3. The molecular weight excluding hydrogens is 369 g/mol. The maximum Gasteiger partial charge on any atom is 0.416 e. The summed E-state index contributed by atoms with van der Waals surface area (Å²) in [5.41, 5.74) is 2.30. The molecule has 1 saturated heterocycles. The van der Waals surface area contributed by atoms with Crippen LogP contribution in [0.3, 0.4) is 0 Å². The van der Waals surface area contributed by atoms with Gasteiger partial charge >= 0.3 is 6.18 Å². The van der Waals surface area contributed by atoms with E-state index in [0.29, 0.717) is 28.5 Å². The third kappa shape index (κ3) is 3.32. The second kappa shape index (κ2) is 7.09. The maximum atomic E-state index is 13.1. The molecule has 8 heteroatoms. The monoisotopic (exact) mass is 390 g/mol. The second-order valence-electron chi connectivity index (χ2n) is 7.06. The average molecular weight is 390 g/mol. The quantitative estimate of drug-likeness (QED) is 0.722. The number of methoxy groups -OCH3 is 1. The Morgan fingerprint density at radius 3 is 2.75 bits per heavy atom. The highest BCUT2D eigenvalue weighted by Crippen LogP contribution is 2.39. The van der Waals surface area contributed by atoms with Crippen molar-refractivity contribution in [1.82, 2.24) is 19.9 Å². The van der Waals surface area contributed by atoms with Crippen LogP contribution in [0.15, 0.2) is 30.6 Å². The van der Waals surface area contributed by atoms with Crippen molar-refractivity contribution < 1.29 is 17.9 Å². The van der Waals surface area contributed by atoms with Gasteiger partial charge in [-0.15, -0.1) is 0 Å². The largest absolute Gasteiger partial charge is 0.496 e. The molecule has 3 heterocycles. The molecule has 0 amide bonds. The van der Waals surface area contributed by atoms with Crippen LogP contribution in [0.5, 0.6) is 5.75 Å². The Labute approximate surface area is 160 Å². The highest BCUT2D eigenvalue weighted by molar-refractivity contribution is 5.79. The van der Waals surface area contributed by atoms with E-state index in [0.717, 1.165) is 43.6 Å². The molecule has 4 rings (SSSR count). The molecule has 0 radical (unpaired) electrons. The van der Waals surface area contributed by atoms with Crippen molar-refractivity contribution in [3.8, 4) is 17.0 Å². The van der Waals surface area contributed by atoms with Crippen molar-refractivity contribution in [1.29, 1.82) is 0 Å². The number of halogens is 3. The minimum Gasteiger partial charge on any atom is -0.496 e. The summed E-state index contributed by atoms with van der Waals surface area (Å²) in [5.74, 6) is 0.148. The fraction of sp³-hybridized carbons (Fsp3) is 0.400. The van der Waals surface area contributed by atoms with E-state index in [4.69, 9.17) is 4.74 Å². The lowest BCUT2D eigenvalue weighted by atomic mass is 10.00. The van der Waals surface area contributed by atoms with Crippen LogP contribution in [0.2, 0.25) is 0 Å². The van der Waals surface area contributed by atoms with Crippen molar-refractivity contribution in [2.45, 2.75) is 32.0 Å². The number of aryl methyl sites for hydroxylation is 1. The first-order valence-electron chi connectivity index (χ1n) is 9.19. The number of imidazole rings is 1. The molecule has 1 atom stereocenters. The van der Waals surface area contributed by atoms with Gasteiger partial charge in [-0.05, 0) is 56.1 Å². The van der Waals surface area contributed by atoms with Crippen molar-refractivity contribution in [2.75, 3.05) is 20.2 Å². The lowest BCUT2D eigenvalue weighted by molar-refractivity contribution is -0.137. The van der Waals surface area contributed by atoms with Gasteiger partial charge < -0.3 is 14.6 Å².